The van der Waals surface area contributed by atoms with Crippen LogP contribution < -0.4 is 10.4 Å². The van der Waals surface area contributed by atoms with Gasteiger partial charge < -0.3 is 0 Å². The van der Waals surface area contributed by atoms with Crippen molar-refractivity contribution >= 4 is 128 Å². The summed E-state index contributed by atoms with van der Waals surface area (Å²) in [7, 11) is -3.86. The topological polar surface area (TPSA) is 0 Å². The van der Waals surface area contributed by atoms with Gasteiger partial charge in [0.1, 0.15) is 0 Å². The van der Waals surface area contributed by atoms with Crippen molar-refractivity contribution in [2.75, 3.05) is 0 Å². The van der Waals surface area contributed by atoms with Crippen LogP contribution in [0.15, 0.2) is 192 Å². The number of rotatable bonds is 8. The average molecular weight is 1170 g/mol. The van der Waals surface area contributed by atoms with Gasteiger partial charge in [-0.1, -0.05) is 191 Å². The second-order valence-electron chi connectivity index (χ2n) is 19.6. The van der Waals surface area contributed by atoms with Crippen LogP contribution in [0.1, 0.15) is 56.9 Å². The summed E-state index contributed by atoms with van der Waals surface area (Å²) in [5.74, 6) is 0. The second kappa shape index (κ2) is 22.3. The minimum absolute atomic E-state index is 0. The van der Waals surface area contributed by atoms with Gasteiger partial charge in [0.2, 0.25) is 0 Å². The third-order valence-corrected chi connectivity index (χ3v) is 24.8. The SMILES string of the molecule is CC1=C(Cc2cccs2)c2ccccc2C1[Si](C)(C)c1cccc2[c-]c3ccccc3cc12.CC1=C(Cc2cccs2)c2ccccc2C1[Si](C)(C)c1cccc2[c-]c3ccccc3cc12.Cl.Cl.[Zr].[Zr]. The van der Waals surface area contributed by atoms with Gasteiger partial charge in [0, 0.05) is 86.1 Å². The van der Waals surface area contributed by atoms with Crippen molar-refractivity contribution in [2.45, 2.75) is 64.0 Å². The second-order valence-corrected chi connectivity index (χ2v) is 30.7. The largest absolute Gasteiger partial charge is 0.149 e. The van der Waals surface area contributed by atoms with Crippen molar-refractivity contribution < 1.29 is 52.4 Å². The van der Waals surface area contributed by atoms with Gasteiger partial charge in [-0.25, -0.2) is 0 Å². The molecule has 2 heterocycles. The van der Waals surface area contributed by atoms with Crippen LogP contribution in [0.2, 0.25) is 26.2 Å². The van der Waals surface area contributed by atoms with Gasteiger partial charge in [-0.05, 0) is 70.1 Å². The van der Waals surface area contributed by atoms with E-state index in [0.717, 1.165) is 12.8 Å². The molecule has 0 amide bonds. The van der Waals surface area contributed by atoms with Gasteiger partial charge in [-0.15, -0.1) is 118 Å². The first-order valence-electron chi connectivity index (χ1n) is 23.4. The van der Waals surface area contributed by atoms with Gasteiger partial charge in [0.25, 0.3) is 0 Å². The minimum Gasteiger partial charge on any atom is -0.149 e. The summed E-state index contributed by atoms with van der Waals surface area (Å²) in [6.07, 6.45) is 2.07. The van der Waals surface area contributed by atoms with E-state index in [4.69, 9.17) is 0 Å². The van der Waals surface area contributed by atoms with E-state index in [1.54, 1.807) is 21.5 Å². The molecule has 0 nitrogen and oxygen atoms in total. The predicted octanol–water partition coefficient (Wildman–Crippen LogP) is 17.1. The Hall–Kier alpha value is -3.54. The smallest absolute Gasteiger partial charge is 0.0842 e. The zero-order chi connectivity index (χ0) is 45.2. The molecule has 0 aliphatic heterocycles. The third kappa shape index (κ3) is 9.84. The van der Waals surface area contributed by atoms with E-state index >= 15 is 0 Å². The van der Waals surface area contributed by atoms with Gasteiger partial charge in [-0.2, -0.15) is 0 Å². The van der Waals surface area contributed by atoms with E-state index in [-0.39, 0.29) is 77.2 Å². The quantitative estimate of drug-likeness (QED) is 0.0808. The number of thiophene rings is 2. The Bertz CT molecular complexity index is 3300. The Balaban J connectivity index is 0.000000195. The van der Waals surface area contributed by atoms with Crippen LogP contribution in [0.25, 0.3) is 54.2 Å². The van der Waals surface area contributed by atoms with E-state index in [2.05, 4.69) is 233 Å². The maximum atomic E-state index is 3.69. The van der Waals surface area contributed by atoms with Crippen LogP contribution >= 0.6 is 47.5 Å². The minimum atomic E-state index is -1.93. The molecule has 0 bridgehead atoms. The van der Waals surface area contributed by atoms with Gasteiger partial charge >= 0.3 is 0 Å². The first-order valence-corrected chi connectivity index (χ1v) is 31.3. The first-order chi connectivity index (χ1) is 32.1. The van der Waals surface area contributed by atoms with Crippen molar-refractivity contribution in [2.24, 2.45) is 0 Å². The maximum Gasteiger partial charge on any atom is 0.0842 e. The van der Waals surface area contributed by atoms with Crippen LogP contribution in [0.3, 0.4) is 0 Å². The summed E-state index contributed by atoms with van der Waals surface area (Å²) >= 11 is 3.74. The molecule has 10 aromatic rings. The Morgan fingerprint density at radius 3 is 1.20 bits per heavy atom. The number of benzene rings is 8. The van der Waals surface area contributed by atoms with E-state index in [9.17, 15) is 0 Å². The van der Waals surface area contributed by atoms with Crippen LogP contribution in [0, 0.1) is 12.1 Å². The average Bonchev–Trinajstić information content (AvgIpc) is 4.15. The maximum absolute atomic E-state index is 3.69. The van der Waals surface area contributed by atoms with E-state index < -0.39 is 16.1 Å². The molecule has 0 N–H and O–H groups in total. The van der Waals surface area contributed by atoms with Gasteiger partial charge in [-0.3, -0.25) is 0 Å². The molecule has 8 aromatic carbocycles. The molecule has 0 radical (unpaired) electrons. The molecule has 2 aliphatic carbocycles. The van der Waals surface area contributed by atoms with Crippen LogP contribution in [0.5, 0.6) is 0 Å². The summed E-state index contributed by atoms with van der Waals surface area (Å²) in [5.41, 5.74) is 13.2. The summed E-state index contributed by atoms with van der Waals surface area (Å²) in [4.78, 5) is 2.90. The fourth-order valence-electron chi connectivity index (χ4n) is 12.0. The van der Waals surface area contributed by atoms with Crippen LogP contribution in [-0.2, 0) is 65.2 Å². The van der Waals surface area contributed by atoms with E-state index in [1.807, 2.05) is 22.7 Å². The molecule has 0 saturated carbocycles. The predicted molar refractivity (Wildman–Crippen MR) is 309 cm³/mol. The Morgan fingerprint density at radius 2 is 0.800 bits per heavy atom. The molecule has 12 rings (SSSR count). The molecule has 0 fully saturated rings. The summed E-state index contributed by atoms with van der Waals surface area (Å²) in [6, 6.07) is 70.3. The Morgan fingerprint density at radius 1 is 0.429 bits per heavy atom. The van der Waals surface area contributed by atoms with Crippen molar-refractivity contribution in [1.29, 1.82) is 0 Å². The molecule has 8 heteroatoms. The standard InChI is InChI=1S/2C31H27SSi.2ClH.2Zr/c2*1-21-28(20-25-13-9-17-32-25)26-14-6-7-15-27(26)31(21)33(2,3)30-16-8-12-24-18-22-10-4-5-11-23(22)19-29(24)30;;;;/h2*4-17,19,31H,20H2,1-3H3;2*1H;;/q2*-1;;;;. The molecule has 2 atom stereocenters. The van der Waals surface area contributed by atoms with Crippen molar-refractivity contribution in [3.8, 4) is 0 Å². The summed E-state index contributed by atoms with van der Waals surface area (Å²) in [5, 5.41) is 17.6. The van der Waals surface area contributed by atoms with Crippen LogP contribution in [-0.4, -0.2) is 16.1 Å². The molecule has 2 aliphatic rings. The Labute approximate surface area is 475 Å². The molecule has 2 aromatic heterocycles. The number of hydrogen-bond acceptors (Lipinski definition) is 2. The van der Waals surface area contributed by atoms with Crippen molar-refractivity contribution in [1.82, 2.24) is 0 Å². The molecule has 0 saturated heterocycles. The molecular weight excluding hydrogens is 1120 g/mol. The first kappa shape index (κ1) is 54.2. The molecular formula is C62H56Cl2S2Si2Zr2-2. The molecule has 2 unspecified atom stereocenters. The molecule has 0 spiro atoms. The zero-order valence-corrected chi connectivity index (χ0v) is 50.7. The fourth-order valence-corrected chi connectivity index (χ4v) is 21.4. The molecule has 70 heavy (non-hydrogen) atoms. The van der Waals surface area contributed by atoms with Crippen LogP contribution in [0.4, 0.5) is 0 Å². The fraction of sp³-hybridized carbons (Fsp3) is 0.161. The Kier molecular flexibility index (Phi) is 17.3. The van der Waals surface area contributed by atoms with Crippen molar-refractivity contribution in [3.63, 3.8) is 0 Å². The normalized spacial score (nSPS) is 15.1. The van der Waals surface area contributed by atoms with E-state index in [1.165, 1.54) is 86.2 Å². The number of fused-ring (bicyclic) bond motifs is 6. The third-order valence-electron chi connectivity index (χ3n) is 15.0. The van der Waals surface area contributed by atoms with Gasteiger partial charge in [0.05, 0.1) is 16.1 Å². The van der Waals surface area contributed by atoms with Crippen molar-refractivity contribution in [3.05, 3.63) is 236 Å². The monoisotopic (exact) mass is 1170 g/mol. The van der Waals surface area contributed by atoms with E-state index in [0.29, 0.717) is 11.1 Å². The van der Waals surface area contributed by atoms with Gasteiger partial charge in [0.15, 0.2) is 0 Å². The summed E-state index contributed by atoms with van der Waals surface area (Å²) < 4.78 is 0. The molecule has 348 valence electrons. The number of hydrogen-bond donors (Lipinski definition) is 0. The zero-order valence-electron chi connectivity index (χ0n) is 40.5. The number of allylic oxidation sites excluding steroid dienone is 4. The summed E-state index contributed by atoms with van der Waals surface area (Å²) in [6.45, 7) is 15.1. The number of halogens is 2.